The van der Waals surface area contributed by atoms with Crippen LogP contribution in [0.4, 0.5) is 0 Å². The van der Waals surface area contributed by atoms with E-state index >= 15 is 0 Å². The molecular formula is C28H38ClN5O2. The van der Waals surface area contributed by atoms with Gasteiger partial charge in [0.1, 0.15) is 11.9 Å². The molecule has 4 heterocycles. The maximum absolute atomic E-state index is 12.6. The van der Waals surface area contributed by atoms with E-state index < -0.39 is 0 Å². The van der Waals surface area contributed by atoms with E-state index in [-0.39, 0.29) is 18.2 Å². The molecule has 1 amide bonds. The maximum Gasteiger partial charge on any atom is 0.270 e. The van der Waals surface area contributed by atoms with Gasteiger partial charge in [0.05, 0.1) is 6.61 Å². The number of halogens is 1. The van der Waals surface area contributed by atoms with Crippen LogP contribution in [0.25, 0.3) is 0 Å². The predicted octanol–water partition coefficient (Wildman–Crippen LogP) is 3.64. The molecule has 3 aliphatic rings. The number of likely N-dealkylation sites (tertiary alicyclic amines) is 1. The zero-order valence-corrected chi connectivity index (χ0v) is 21.8. The summed E-state index contributed by atoms with van der Waals surface area (Å²) in [5, 5.41) is 4.04. The number of piperidine rings is 1. The molecule has 0 saturated carbocycles. The summed E-state index contributed by atoms with van der Waals surface area (Å²) in [5.74, 6) is -0.0934. The summed E-state index contributed by atoms with van der Waals surface area (Å²) >= 11 is 6.38. The molecule has 2 aromatic rings. The third kappa shape index (κ3) is 6.64. The predicted molar refractivity (Wildman–Crippen MR) is 142 cm³/mol. The first-order valence-corrected chi connectivity index (χ1v) is 13.8. The van der Waals surface area contributed by atoms with Gasteiger partial charge in [-0.05, 0) is 69.1 Å². The number of hydrogen-bond donors (Lipinski definition) is 1. The summed E-state index contributed by atoms with van der Waals surface area (Å²) in [6, 6.07) is 14.4. The Bertz CT molecular complexity index is 985. The van der Waals surface area contributed by atoms with E-state index in [0.29, 0.717) is 18.3 Å². The molecule has 0 bridgehead atoms. The van der Waals surface area contributed by atoms with Crippen molar-refractivity contribution >= 4 is 17.5 Å². The van der Waals surface area contributed by atoms with Gasteiger partial charge in [0.15, 0.2) is 0 Å². The lowest BCUT2D eigenvalue weighted by molar-refractivity contribution is -0.0921. The molecule has 3 aliphatic heterocycles. The molecule has 0 aliphatic carbocycles. The van der Waals surface area contributed by atoms with Crippen molar-refractivity contribution in [2.75, 3.05) is 45.9 Å². The van der Waals surface area contributed by atoms with Gasteiger partial charge in [0.2, 0.25) is 0 Å². The number of amides is 1. The quantitative estimate of drug-likeness (QED) is 0.639. The molecule has 0 spiro atoms. The van der Waals surface area contributed by atoms with Crippen molar-refractivity contribution in [3.63, 3.8) is 0 Å². The molecule has 5 rings (SSSR count). The molecule has 3 saturated heterocycles. The molecule has 194 valence electrons. The highest BCUT2D eigenvalue weighted by Crippen LogP contribution is 2.24. The maximum atomic E-state index is 12.6. The average molecular weight is 512 g/mol. The van der Waals surface area contributed by atoms with Gasteiger partial charge in [-0.15, -0.1) is 0 Å². The normalized spacial score (nSPS) is 25.4. The Morgan fingerprint density at radius 3 is 2.56 bits per heavy atom. The van der Waals surface area contributed by atoms with E-state index in [1.807, 2.05) is 24.3 Å². The minimum absolute atomic E-state index is 0.0743. The molecule has 1 N–H and O–H groups in total. The minimum atomic E-state index is -0.0934. The van der Waals surface area contributed by atoms with Gasteiger partial charge < -0.3 is 10.1 Å². The molecule has 36 heavy (non-hydrogen) atoms. The largest absolute Gasteiger partial charge is 0.363 e. The van der Waals surface area contributed by atoms with Crippen LogP contribution < -0.4 is 5.32 Å². The lowest BCUT2D eigenvalue weighted by atomic mass is 10.0. The second-order valence-corrected chi connectivity index (χ2v) is 10.7. The van der Waals surface area contributed by atoms with Crippen molar-refractivity contribution in [1.29, 1.82) is 0 Å². The Balaban J connectivity index is 1.08. The molecule has 1 aromatic heterocycles. The SMILES string of the molecule is O=C(NC1CCOC(N2CCCN(C3CCN(Cc4ccccc4Cl)CC3)CC2)C1)c1ccccn1. The van der Waals surface area contributed by atoms with Gasteiger partial charge in [0.25, 0.3) is 5.91 Å². The Morgan fingerprint density at radius 1 is 0.972 bits per heavy atom. The first-order chi connectivity index (χ1) is 17.7. The van der Waals surface area contributed by atoms with E-state index in [0.717, 1.165) is 70.1 Å². The number of aromatic nitrogens is 1. The lowest BCUT2D eigenvalue weighted by Gasteiger charge is -2.39. The van der Waals surface area contributed by atoms with Crippen molar-refractivity contribution < 1.29 is 9.53 Å². The lowest BCUT2D eigenvalue weighted by Crippen LogP contribution is -2.50. The minimum Gasteiger partial charge on any atom is -0.363 e. The monoisotopic (exact) mass is 511 g/mol. The second kappa shape index (κ2) is 12.5. The van der Waals surface area contributed by atoms with Crippen LogP contribution in [0.5, 0.6) is 0 Å². The number of rotatable bonds is 6. The standard InChI is InChI=1S/C28H38ClN5O2/c29-25-7-2-1-6-22(25)21-32-15-9-24(10-16-32)33-13-5-14-34(18-17-33)27-20-23(11-19-36-27)31-28(35)26-8-3-4-12-30-26/h1-4,6-8,12,23-24,27H,5,9-11,13-21H2,(H,31,35). The van der Waals surface area contributed by atoms with Crippen LogP contribution in [0.3, 0.4) is 0 Å². The Labute approximate surface area is 219 Å². The average Bonchev–Trinajstić information content (AvgIpc) is 3.18. The van der Waals surface area contributed by atoms with Crippen molar-refractivity contribution in [3.8, 4) is 0 Å². The Kier molecular flexibility index (Phi) is 8.88. The van der Waals surface area contributed by atoms with Crippen LogP contribution in [0.15, 0.2) is 48.7 Å². The van der Waals surface area contributed by atoms with Crippen molar-refractivity contribution in [3.05, 3.63) is 64.9 Å². The van der Waals surface area contributed by atoms with E-state index in [1.54, 1.807) is 12.3 Å². The van der Waals surface area contributed by atoms with Crippen molar-refractivity contribution in [2.45, 2.75) is 57.0 Å². The summed E-state index contributed by atoms with van der Waals surface area (Å²) in [6.07, 6.45) is 7.00. The third-order valence-corrected chi connectivity index (χ3v) is 8.26. The number of ether oxygens (including phenoxy) is 1. The summed E-state index contributed by atoms with van der Waals surface area (Å²) in [6.45, 7) is 8.18. The van der Waals surface area contributed by atoms with E-state index in [9.17, 15) is 4.79 Å². The highest BCUT2D eigenvalue weighted by molar-refractivity contribution is 6.31. The molecule has 2 atom stereocenters. The Hall–Kier alpha value is -2.03. The van der Waals surface area contributed by atoms with Gasteiger partial charge in [-0.2, -0.15) is 0 Å². The van der Waals surface area contributed by atoms with E-state index in [2.05, 4.69) is 37.1 Å². The zero-order chi connectivity index (χ0) is 24.7. The van der Waals surface area contributed by atoms with Crippen LogP contribution in [0.2, 0.25) is 5.02 Å². The smallest absolute Gasteiger partial charge is 0.270 e. The highest BCUT2D eigenvalue weighted by Gasteiger charge is 2.32. The van der Waals surface area contributed by atoms with Crippen LogP contribution in [0.1, 0.15) is 48.2 Å². The van der Waals surface area contributed by atoms with Crippen molar-refractivity contribution in [2.24, 2.45) is 0 Å². The number of nitrogens with zero attached hydrogens (tertiary/aromatic N) is 4. The van der Waals surface area contributed by atoms with E-state index in [1.165, 1.54) is 18.4 Å². The number of nitrogens with one attached hydrogen (secondary N) is 1. The number of carbonyl (C=O) groups is 1. The number of pyridine rings is 1. The summed E-state index contributed by atoms with van der Waals surface area (Å²) in [5.41, 5.74) is 1.70. The fourth-order valence-electron chi connectivity index (χ4n) is 5.84. The van der Waals surface area contributed by atoms with Gasteiger partial charge in [0, 0.05) is 55.9 Å². The molecule has 2 unspecified atom stereocenters. The van der Waals surface area contributed by atoms with Crippen LogP contribution in [0, 0.1) is 0 Å². The topological polar surface area (TPSA) is 60.9 Å². The van der Waals surface area contributed by atoms with Crippen LogP contribution >= 0.6 is 11.6 Å². The number of carbonyl (C=O) groups excluding carboxylic acids is 1. The van der Waals surface area contributed by atoms with Crippen molar-refractivity contribution in [1.82, 2.24) is 25.0 Å². The number of hydrogen-bond acceptors (Lipinski definition) is 6. The first kappa shape index (κ1) is 25.6. The zero-order valence-electron chi connectivity index (χ0n) is 21.0. The highest BCUT2D eigenvalue weighted by atomic mass is 35.5. The van der Waals surface area contributed by atoms with Gasteiger partial charge in [-0.25, -0.2) is 0 Å². The Morgan fingerprint density at radius 2 is 1.75 bits per heavy atom. The molecule has 1 aromatic carbocycles. The van der Waals surface area contributed by atoms with E-state index in [4.69, 9.17) is 16.3 Å². The molecule has 3 fully saturated rings. The molecular weight excluding hydrogens is 474 g/mol. The summed E-state index contributed by atoms with van der Waals surface area (Å²) in [7, 11) is 0. The first-order valence-electron chi connectivity index (χ1n) is 13.4. The summed E-state index contributed by atoms with van der Waals surface area (Å²) in [4.78, 5) is 24.5. The van der Waals surface area contributed by atoms with Gasteiger partial charge in [-0.3, -0.25) is 24.5 Å². The van der Waals surface area contributed by atoms with Gasteiger partial charge >= 0.3 is 0 Å². The fourth-order valence-corrected chi connectivity index (χ4v) is 6.03. The third-order valence-electron chi connectivity index (χ3n) is 7.89. The molecule has 0 radical (unpaired) electrons. The number of benzene rings is 1. The fraction of sp³-hybridized carbons (Fsp3) is 0.571. The molecule has 7 nitrogen and oxygen atoms in total. The van der Waals surface area contributed by atoms with Crippen LogP contribution in [-0.2, 0) is 11.3 Å². The summed E-state index contributed by atoms with van der Waals surface area (Å²) < 4.78 is 6.17. The van der Waals surface area contributed by atoms with Crippen LogP contribution in [-0.4, -0.2) is 89.8 Å². The molecule has 8 heteroatoms. The second-order valence-electron chi connectivity index (χ2n) is 10.3. The van der Waals surface area contributed by atoms with Gasteiger partial charge in [-0.1, -0.05) is 35.9 Å².